The van der Waals surface area contributed by atoms with Crippen LogP contribution < -0.4 is 11.5 Å². The molecule has 0 heterocycles. The minimum Gasteiger partial charge on any atom is -0.368 e. The van der Waals surface area contributed by atoms with Crippen LogP contribution in [0.5, 0.6) is 0 Å². The van der Waals surface area contributed by atoms with Gasteiger partial charge in [0.1, 0.15) is 0 Å². The van der Waals surface area contributed by atoms with Gasteiger partial charge in [0.2, 0.25) is 5.91 Å². The van der Waals surface area contributed by atoms with Crippen molar-refractivity contribution in [3.05, 3.63) is 0 Å². The van der Waals surface area contributed by atoms with Crippen LogP contribution in [0.2, 0.25) is 0 Å². The average Bonchev–Trinajstić information content (AvgIpc) is 1.84. The third kappa shape index (κ3) is 3.69. The summed E-state index contributed by atoms with van der Waals surface area (Å²) in [6.07, 6.45) is 0.893. The lowest BCUT2D eigenvalue weighted by atomic mass is 10.00. The van der Waals surface area contributed by atoms with E-state index in [1.807, 2.05) is 13.8 Å². The largest absolute Gasteiger partial charge is 0.368 e. The van der Waals surface area contributed by atoms with Crippen LogP contribution in [0.3, 0.4) is 0 Å². The first-order valence-electron chi connectivity index (χ1n) is 3.14. The van der Waals surface area contributed by atoms with Crippen LogP contribution in [-0.2, 0) is 4.79 Å². The van der Waals surface area contributed by atoms with E-state index < -0.39 is 11.9 Å². The van der Waals surface area contributed by atoms with Crippen LogP contribution in [0.15, 0.2) is 0 Å². The molecule has 62 valence electrons. The third-order valence-corrected chi connectivity index (χ3v) is 1.59. The van der Waals surface area contributed by atoms with Gasteiger partial charge in [-0.25, -0.2) is 0 Å². The molecule has 0 spiro atoms. The highest BCUT2D eigenvalue weighted by atomic mass is 35.5. The summed E-state index contributed by atoms with van der Waals surface area (Å²) in [4.78, 5) is 10.4. The summed E-state index contributed by atoms with van der Waals surface area (Å²) in [7, 11) is 0. The minimum atomic E-state index is -0.477. The van der Waals surface area contributed by atoms with E-state index in [0.717, 1.165) is 6.42 Å². The number of amides is 1. The van der Waals surface area contributed by atoms with E-state index in [4.69, 9.17) is 11.5 Å². The van der Waals surface area contributed by atoms with Crippen molar-refractivity contribution in [3.63, 3.8) is 0 Å². The number of halogens is 1. The molecule has 0 aliphatic rings. The van der Waals surface area contributed by atoms with Crippen LogP contribution in [0.25, 0.3) is 0 Å². The fraction of sp³-hybridized carbons (Fsp3) is 0.833. The van der Waals surface area contributed by atoms with Crippen molar-refractivity contribution < 1.29 is 4.79 Å². The normalized spacial score (nSPS) is 15.1. The molecule has 3 nitrogen and oxygen atoms in total. The Morgan fingerprint density at radius 1 is 1.60 bits per heavy atom. The predicted octanol–water partition coefficient (Wildman–Crippen LogP) is 0.267. The number of hydrogen-bond donors (Lipinski definition) is 2. The van der Waals surface area contributed by atoms with E-state index in [0.29, 0.717) is 0 Å². The Balaban J connectivity index is 0. The van der Waals surface area contributed by atoms with Crippen molar-refractivity contribution >= 4 is 18.3 Å². The molecule has 0 aromatic heterocycles. The van der Waals surface area contributed by atoms with E-state index in [1.54, 1.807) is 0 Å². The molecule has 0 saturated heterocycles. The summed E-state index contributed by atoms with van der Waals surface area (Å²) in [5, 5.41) is 0. The van der Waals surface area contributed by atoms with Gasteiger partial charge in [0.15, 0.2) is 0 Å². The highest BCUT2D eigenvalue weighted by Gasteiger charge is 2.15. The first-order chi connectivity index (χ1) is 4.09. The second kappa shape index (κ2) is 5.50. The van der Waals surface area contributed by atoms with Gasteiger partial charge in [-0.2, -0.15) is 0 Å². The van der Waals surface area contributed by atoms with Crippen molar-refractivity contribution in [3.8, 4) is 0 Å². The van der Waals surface area contributed by atoms with Gasteiger partial charge in [-0.05, 0) is 5.92 Å². The topological polar surface area (TPSA) is 69.1 Å². The molecule has 2 atom stereocenters. The Morgan fingerprint density at radius 2 is 2.00 bits per heavy atom. The Morgan fingerprint density at radius 3 is 2.10 bits per heavy atom. The molecular weight excluding hydrogens is 152 g/mol. The zero-order chi connectivity index (χ0) is 7.44. The van der Waals surface area contributed by atoms with Gasteiger partial charge in [-0.1, -0.05) is 20.3 Å². The van der Waals surface area contributed by atoms with E-state index in [1.165, 1.54) is 0 Å². The van der Waals surface area contributed by atoms with E-state index in [-0.39, 0.29) is 18.3 Å². The zero-order valence-electron chi connectivity index (χ0n) is 6.33. The second-order valence-corrected chi connectivity index (χ2v) is 2.31. The molecular formula is C6H15ClN2O. The van der Waals surface area contributed by atoms with E-state index in [9.17, 15) is 4.79 Å². The molecule has 0 aliphatic carbocycles. The van der Waals surface area contributed by atoms with Gasteiger partial charge >= 0.3 is 0 Å². The molecule has 0 aromatic rings. The SMILES string of the molecule is CCC(C)[C@H](N)C(N)=O.Cl. The van der Waals surface area contributed by atoms with E-state index in [2.05, 4.69) is 0 Å². The summed E-state index contributed by atoms with van der Waals surface area (Å²) < 4.78 is 0. The molecule has 4 N–H and O–H groups in total. The molecule has 4 heteroatoms. The number of nitrogens with two attached hydrogens (primary N) is 2. The first-order valence-corrected chi connectivity index (χ1v) is 3.14. The molecule has 1 unspecified atom stereocenters. The van der Waals surface area contributed by atoms with Crippen molar-refractivity contribution in [2.24, 2.45) is 17.4 Å². The molecule has 0 rings (SSSR count). The third-order valence-electron chi connectivity index (χ3n) is 1.59. The quantitative estimate of drug-likeness (QED) is 0.632. The fourth-order valence-corrected chi connectivity index (χ4v) is 0.534. The van der Waals surface area contributed by atoms with Crippen molar-refractivity contribution in [2.45, 2.75) is 26.3 Å². The minimum absolute atomic E-state index is 0. The maximum Gasteiger partial charge on any atom is 0.234 e. The summed E-state index contributed by atoms with van der Waals surface area (Å²) in [5.41, 5.74) is 10.3. The standard InChI is InChI=1S/C6H14N2O.ClH/c1-3-4(2)5(7)6(8)9;/h4-5H,3,7H2,1-2H3,(H2,8,9);1H/t4?,5-;/m0./s1. The number of hydrogen-bond acceptors (Lipinski definition) is 2. The number of primary amides is 1. The van der Waals surface area contributed by atoms with Gasteiger partial charge in [-0.3, -0.25) is 4.79 Å². The first kappa shape index (κ1) is 12.4. The average molecular weight is 167 g/mol. The van der Waals surface area contributed by atoms with Gasteiger partial charge in [-0.15, -0.1) is 12.4 Å². The summed E-state index contributed by atoms with van der Waals surface area (Å²) in [6.45, 7) is 3.89. The molecule has 0 radical (unpaired) electrons. The van der Waals surface area contributed by atoms with Crippen LogP contribution in [-0.4, -0.2) is 11.9 Å². The number of carbonyl (C=O) groups is 1. The number of carbonyl (C=O) groups excluding carboxylic acids is 1. The van der Waals surface area contributed by atoms with Gasteiger partial charge < -0.3 is 11.5 Å². The predicted molar refractivity (Wildman–Crippen MR) is 43.9 cm³/mol. The molecule has 0 aliphatic heterocycles. The maximum absolute atomic E-state index is 10.4. The molecule has 0 saturated carbocycles. The molecule has 0 fully saturated rings. The molecule has 0 aromatic carbocycles. The maximum atomic E-state index is 10.4. The molecule has 10 heavy (non-hydrogen) atoms. The Kier molecular flexibility index (Phi) is 6.82. The van der Waals surface area contributed by atoms with E-state index >= 15 is 0 Å². The monoisotopic (exact) mass is 166 g/mol. The summed E-state index contributed by atoms with van der Waals surface area (Å²) >= 11 is 0. The Hall–Kier alpha value is -0.280. The molecule has 1 amide bonds. The van der Waals surface area contributed by atoms with Crippen molar-refractivity contribution in [1.82, 2.24) is 0 Å². The Labute approximate surface area is 67.6 Å². The smallest absolute Gasteiger partial charge is 0.234 e. The van der Waals surface area contributed by atoms with Crippen molar-refractivity contribution in [1.29, 1.82) is 0 Å². The number of rotatable bonds is 3. The highest BCUT2D eigenvalue weighted by molar-refractivity contribution is 5.85. The van der Waals surface area contributed by atoms with Gasteiger partial charge in [0.25, 0.3) is 0 Å². The van der Waals surface area contributed by atoms with Crippen LogP contribution in [0, 0.1) is 5.92 Å². The van der Waals surface area contributed by atoms with Crippen LogP contribution in [0.4, 0.5) is 0 Å². The van der Waals surface area contributed by atoms with Crippen LogP contribution >= 0.6 is 12.4 Å². The molecule has 0 bridgehead atoms. The van der Waals surface area contributed by atoms with Crippen LogP contribution in [0.1, 0.15) is 20.3 Å². The lowest BCUT2D eigenvalue weighted by molar-refractivity contribution is -0.120. The zero-order valence-corrected chi connectivity index (χ0v) is 7.15. The summed E-state index contributed by atoms with van der Waals surface area (Å²) in [6, 6.07) is -0.477. The highest BCUT2D eigenvalue weighted by Crippen LogP contribution is 2.03. The lowest BCUT2D eigenvalue weighted by Gasteiger charge is -2.13. The lowest BCUT2D eigenvalue weighted by Crippen LogP contribution is -2.41. The summed E-state index contributed by atoms with van der Waals surface area (Å²) in [5.74, 6) is -0.216. The van der Waals surface area contributed by atoms with Gasteiger partial charge in [0.05, 0.1) is 6.04 Å². The Bertz CT molecular complexity index is 108. The van der Waals surface area contributed by atoms with Gasteiger partial charge in [0, 0.05) is 0 Å². The van der Waals surface area contributed by atoms with Crippen molar-refractivity contribution in [2.75, 3.05) is 0 Å². The second-order valence-electron chi connectivity index (χ2n) is 2.31. The fourth-order valence-electron chi connectivity index (χ4n) is 0.534.